The summed E-state index contributed by atoms with van der Waals surface area (Å²) < 4.78 is 17.8. The lowest BCUT2D eigenvalue weighted by atomic mass is 10.1. The molecule has 1 heterocycles. The van der Waals surface area contributed by atoms with E-state index in [4.69, 9.17) is 4.74 Å². The van der Waals surface area contributed by atoms with Crippen LogP contribution in [0, 0.1) is 0 Å². The summed E-state index contributed by atoms with van der Waals surface area (Å²) >= 11 is 0. The lowest BCUT2D eigenvalue weighted by Crippen LogP contribution is -2.40. The second-order valence-corrected chi connectivity index (χ2v) is 3.87. The maximum atomic E-state index is 12.1. The minimum absolute atomic E-state index is 0.244. The highest BCUT2D eigenvalue weighted by Crippen LogP contribution is 2.33. The van der Waals surface area contributed by atoms with Gasteiger partial charge < -0.3 is 9.64 Å². The second-order valence-electron chi connectivity index (χ2n) is 3.87. The van der Waals surface area contributed by atoms with Crippen molar-refractivity contribution in [3.8, 4) is 5.75 Å². The van der Waals surface area contributed by atoms with Crippen LogP contribution < -0.4 is 9.64 Å². The van der Waals surface area contributed by atoms with Crippen molar-refractivity contribution in [2.45, 2.75) is 18.9 Å². The van der Waals surface area contributed by atoms with Crippen LogP contribution in [-0.2, 0) is 0 Å². The highest BCUT2D eigenvalue weighted by Gasteiger charge is 2.23. The number of rotatable bonds is 3. The number of nitrogens with zero attached hydrogens (tertiary/aromatic N) is 1. The van der Waals surface area contributed by atoms with Crippen LogP contribution in [0.3, 0.4) is 0 Å². The third-order valence-electron chi connectivity index (χ3n) is 2.90. The van der Waals surface area contributed by atoms with Gasteiger partial charge in [0.05, 0.1) is 18.4 Å². The van der Waals surface area contributed by atoms with Crippen LogP contribution >= 0.6 is 0 Å². The highest BCUT2D eigenvalue weighted by atomic mass is 19.1. The van der Waals surface area contributed by atoms with Crippen LogP contribution in [0.4, 0.5) is 10.1 Å². The quantitative estimate of drug-likeness (QED) is 0.758. The summed E-state index contributed by atoms with van der Waals surface area (Å²) in [4.78, 5) is 2.19. The number of halogens is 1. The molecule has 1 atom stereocenters. The molecule has 0 spiro atoms. The number of alkyl halides is 1. The third kappa shape index (κ3) is 2.06. The molecule has 2 rings (SSSR count). The van der Waals surface area contributed by atoms with E-state index in [-0.39, 0.29) is 6.67 Å². The lowest BCUT2D eigenvalue weighted by molar-refractivity contribution is 0.254. The first-order valence-corrected chi connectivity index (χ1v) is 5.33. The van der Waals surface area contributed by atoms with E-state index in [1.54, 1.807) is 0 Å². The van der Waals surface area contributed by atoms with Gasteiger partial charge in [-0.1, -0.05) is 12.1 Å². The number of hydrogen-bond donors (Lipinski definition) is 0. The van der Waals surface area contributed by atoms with Crippen molar-refractivity contribution < 1.29 is 9.13 Å². The molecule has 1 unspecified atom stereocenters. The minimum atomic E-state index is -0.244. The van der Waals surface area contributed by atoms with Crippen LogP contribution in [0.25, 0.3) is 0 Å². The molecule has 0 bridgehead atoms. The van der Waals surface area contributed by atoms with Crippen LogP contribution in [0.15, 0.2) is 24.3 Å². The van der Waals surface area contributed by atoms with Crippen LogP contribution in [0.1, 0.15) is 12.8 Å². The molecule has 82 valence electrons. The van der Waals surface area contributed by atoms with Gasteiger partial charge in [-0.3, -0.25) is 4.39 Å². The van der Waals surface area contributed by atoms with Gasteiger partial charge in [0.25, 0.3) is 0 Å². The van der Waals surface area contributed by atoms with E-state index in [0.717, 1.165) is 17.9 Å². The van der Waals surface area contributed by atoms with Gasteiger partial charge in [-0.05, 0) is 25.0 Å². The number of para-hydroxylation sites is 2. The average Bonchev–Trinajstić information content (AvgIpc) is 2.29. The van der Waals surface area contributed by atoms with E-state index in [0.29, 0.717) is 19.1 Å². The largest absolute Gasteiger partial charge is 0.489 e. The first-order valence-electron chi connectivity index (χ1n) is 5.33. The molecule has 0 saturated carbocycles. The Balaban J connectivity index is 2.11. The molecule has 1 aromatic carbocycles. The summed E-state index contributed by atoms with van der Waals surface area (Å²) in [5.41, 5.74) is 1.10. The summed E-state index contributed by atoms with van der Waals surface area (Å²) in [7, 11) is 2.05. The monoisotopic (exact) mass is 209 g/mol. The van der Waals surface area contributed by atoms with E-state index in [1.807, 2.05) is 31.3 Å². The summed E-state index contributed by atoms with van der Waals surface area (Å²) in [6, 6.07) is 8.27. The number of likely N-dealkylation sites (N-methyl/N-ethyl adjacent to an activating group) is 1. The SMILES string of the molecule is CN1c2ccccc2OCC1CCCF. The lowest BCUT2D eigenvalue weighted by Gasteiger charge is -2.35. The van der Waals surface area contributed by atoms with Gasteiger partial charge in [0.15, 0.2) is 0 Å². The minimum Gasteiger partial charge on any atom is -0.489 e. The second kappa shape index (κ2) is 4.51. The van der Waals surface area contributed by atoms with Gasteiger partial charge in [-0.2, -0.15) is 0 Å². The van der Waals surface area contributed by atoms with Crippen molar-refractivity contribution in [3.05, 3.63) is 24.3 Å². The first kappa shape index (κ1) is 10.3. The predicted molar refractivity (Wildman–Crippen MR) is 59.3 cm³/mol. The fraction of sp³-hybridized carbons (Fsp3) is 0.500. The summed E-state index contributed by atoms with van der Waals surface area (Å²) in [6.07, 6.45) is 1.46. The number of fused-ring (bicyclic) bond motifs is 1. The molecular formula is C12H16FNO. The number of hydrogen-bond acceptors (Lipinski definition) is 2. The van der Waals surface area contributed by atoms with Gasteiger partial charge in [0.1, 0.15) is 12.4 Å². The standard InChI is InChI=1S/C12H16FNO/c1-14-10(5-4-8-13)9-15-12-7-3-2-6-11(12)14/h2-3,6-7,10H,4-5,8-9H2,1H3. The zero-order valence-electron chi connectivity index (χ0n) is 8.95. The van der Waals surface area contributed by atoms with Gasteiger partial charge in [0.2, 0.25) is 0 Å². The molecule has 0 aromatic heterocycles. The average molecular weight is 209 g/mol. The zero-order valence-corrected chi connectivity index (χ0v) is 8.95. The van der Waals surface area contributed by atoms with Crippen LogP contribution in [0.5, 0.6) is 5.75 Å². The Kier molecular flexibility index (Phi) is 3.09. The maximum Gasteiger partial charge on any atom is 0.142 e. The predicted octanol–water partition coefficient (Wildman–Crippen LogP) is 2.63. The Labute approximate surface area is 89.7 Å². The van der Waals surface area contributed by atoms with Crippen LogP contribution in [-0.4, -0.2) is 26.4 Å². The van der Waals surface area contributed by atoms with E-state index in [2.05, 4.69) is 4.90 Å². The Bertz CT molecular complexity index is 329. The molecule has 1 aliphatic heterocycles. The van der Waals surface area contributed by atoms with Crippen molar-refractivity contribution >= 4 is 5.69 Å². The summed E-state index contributed by atoms with van der Waals surface area (Å²) in [6.45, 7) is 0.416. The normalized spacial score (nSPS) is 19.6. The third-order valence-corrected chi connectivity index (χ3v) is 2.90. The molecular weight excluding hydrogens is 193 g/mol. The van der Waals surface area contributed by atoms with Crippen molar-refractivity contribution in [2.75, 3.05) is 25.2 Å². The fourth-order valence-corrected chi connectivity index (χ4v) is 1.95. The molecule has 0 N–H and O–H groups in total. The summed E-state index contributed by atoms with van der Waals surface area (Å²) in [5, 5.41) is 0. The number of benzene rings is 1. The smallest absolute Gasteiger partial charge is 0.142 e. The number of ether oxygens (including phenoxy) is 1. The fourth-order valence-electron chi connectivity index (χ4n) is 1.95. The van der Waals surface area contributed by atoms with Crippen molar-refractivity contribution in [1.82, 2.24) is 0 Å². The highest BCUT2D eigenvalue weighted by molar-refractivity contribution is 5.59. The van der Waals surface area contributed by atoms with Crippen molar-refractivity contribution in [3.63, 3.8) is 0 Å². The molecule has 0 amide bonds. The molecule has 1 aromatic rings. The Hall–Kier alpha value is -1.25. The molecule has 0 radical (unpaired) electrons. The van der Waals surface area contributed by atoms with Gasteiger partial charge in [-0.15, -0.1) is 0 Å². The molecule has 0 saturated heterocycles. The van der Waals surface area contributed by atoms with E-state index in [1.165, 1.54) is 0 Å². The van der Waals surface area contributed by atoms with Gasteiger partial charge >= 0.3 is 0 Å². The van der Waals surface area contributed by atoms with E-state index in [9.17, 15) is 4.39 Å². The van der Waals surface area contributed by atoms with E-state index < -0.39 is 0 Å². The number of anilines is 1. The molecule has 3 heteroatoms. The van der Waals surface area contributed by atoms with E-state index >= 15 is 0 Å². The Morgan fingerprint density at radius 1 is 1.47 bits per heavy atom. The maximum absolute atomic E-state index is 12.1. The van der Waals surface area contributed by atoms with Crippen molar-refractivity contribution in [1.29, 1.82) is 0 Å². The Morgan fingerprint density at radius 3 is 3.07 bits per heavy atom. The first-order chi connectivity index (χ1) is 7.33. The summed E-state index contributed by atoms with van der Waals surface area (Å²) in [5.74, 6) is 0.927. The van der Waals surface area contributed by atoms with Gasteiger partial charge in [-0.25, -0.2) is 0 Å². The molecule has 0 aliphatic carbocycles. The van der Waals surface area contributed by atoms with Crippen LogP contribution in [0.2, 0.25) is 0 Å². The zero-order chi connectivity index (χ0) is 10.7. The topological polar surface area (TPSA) is 12.5 Å². The van der Waals surface area contributed by atoms with Gasteiger partial charge in [0, 0.05) is 7.05 Å². The molecule has 15 heavy (non-hydrogen) atoms. The molecule has 0 fully saturated rings. The Morgan fingerprint density at radius 2 is 2.27 bits per heavy atom. The van der Waals surface area contributed by atoms with Crippen molar-refractivity contribution in [2.24, 2.45) is 0 Å². The molecule has 2 nitrogen and oxygen atoms in total. The molecule has 1 aliphatic rings.